The first kappa shape index (κ1) is 22.3. The van der Waals surface area contributed by atoms with Gasteiger partial charge in [0.1, 0.15) is 22.4 Å². The SMILES string of the molecule is COc1ccc(NC(=O)C(C#N)=CC2CC2)cc1Nc1ncc(F)c(Sc2ccccc2)n1. The lowest BCUT2D eigenvalue weighted by Gasteiger charge is -2.13. The van der Waals surface area contributed by atoms with Crippen molar-refractivity contribution in [3.63, 3.8) is 0 Å². The van der Waals surface area contributed by atoms with Crippen LogP contribution >= 0.6 is 11.8 Å². The molecule has 2 aromatic carbocycles. The topological polar surface area (TPSA) is 99.9 Å². The Balaban J connectivity index is 1.54. The molecule has 9 heteroatoms. The van der Waals surface area contributed by atoms with Crippen LogP contribution in [0.1, 0.15) is 12.8 Å². The van der Waals surface area contributed by atoms with Crippen molar-refractivity contribution in [2.24, 2.45) is 5.92 Å². The van der Waals surface area contributed by atoms with E-state index in [1.807, 2.05) is 36.4 Å². The summed E-state index contributed by atoms with van der Waals surface area (Å²) in [4.78, 5) is 21.6. The van der Waals surface area contributed by atoms with Crippen molar-refractivity contribution in [3.05, 3.63) is 72.2 Å². The highest BCUT2D eigenvalue weighted by molar-refractivity contribution is 7.99. The van der Waals surface area contributed by atoms with E-state index in [0.29, 0.717) is 23.0 Å². The van der Waals surface area contributed by atoms with Crippen LogP contribution in [0.4, 0.5) is 21.7 Å². The first-order chi connectivity index (χ1) is 16.1. The third-order valence-corrected chi connectivity index (χ3v) is 5.75. The van der Waals surface area contributed by atoms with Crippen LogP contribution in [0.25, 0.3) is 0 Å². The van der Waals surface area contributed by atoms with Gasteiger partial charge in [0.25, 0.3) is 5.91 Å². The van der Waals surface area contributed by atoms with Crippen LogP contribution in [0.5, 0.6) is 5.75 Å². The number of anilines is 3. The van der Waals surface area contributed by atoms with E-state index in [0.717, 1.165) is 23.9 Å². The molecule has 166 valence electrons. The third-order valence-electron chi connectivity index (χ3n) is 4.76. The Hall–Kier alpha value is -3.90. The number of hydrogen-bond donors (Lipinski definition) is 2. The molecule has 4 rings (SSSR count). The molecular weight excluding hydrogens is 441 g/mol. The number of amides is 1. The van der Waals surface area contributed by atoms with Crippen molar-refractivity contribution in [1.82, 2.24) is 9.97 Å². The van der Waals surface area contributed by atoms with Crippen LogP contribution in [0.2, 0.25) is 0 Å². The normalized spacial score (nSPS) is 13.2. The van der Waals surface area contributed by atoms with Gasteiger partial charge in [-0.05, 0) is 49.1 Å². The summed E-state index contributed by atoms with van der Waals surface area (Å²) in [6.45, 7) is 0. The van der Waals surface area contributed by atoms with Gasteiger partial charge >= 0.3 is 0 Å². The van der Waals surface area contributed by atoms with Crippen LogP contribution in [0, 0.1) is 23.1 Å². The second-order valence-corrected chi connectivity index (χ2v) is 8.35. The van der Waals surface area contributed by atoms with Crippen molar-refractivity contribution < 1.29 is 13.9 Å². The minimum atomic E-state index is -0.533. The maximum atomic E-state index is 14.3. The average Bonchev–Trinajstić information content (AvgIpc) is 3.65. The highest BCUT2D eigenvalue weighted by Gasteiger charge is 2.22. The molecule has 0 spiro atoms. The van der Waals surface area contributed by atoms with E-state index in [-0.39, 0.29) is 16.5 Å². The maximum absolute atomic E-state index is 14.3. The molecule has 0 atom stereocenters. The molecule has 1 fully saturated rings. The summed E-state index contributed by atoms with van der Waals surface area (Å²) in [6, 6.07) is 16.3. The minimum Gasteiger partial charge on any atom is -0.495 e. The Morgan fingerprint density at radius 1 is 1.27 bits per heavy atom. The summed E-state index contributed by atoms with van der Waals surface area (Å²) in [6.07, 6.45) is 4.80. The fourth-order valence-electron chi connectivity index (χ4n) is 2.95. The number of aromatic nitrogens is 2. The van der Waals surface area contributed by atoms with Crippen LogP contribution < -0.4 is 15.4 Å². The van der Waals surface area contributed by atoms with Crippen LogP contribution in [0.15, 0.2) is 76.3 Å². The molecule has 0 radical (unpaired) electrons. The lowest BCUT2D eigenvalue weighted by molar-refractivity contribution is -0.112. The quantitative estimate of drug-likeness (QED) is 0.266. The van der Waals surface area contributed by atoms with Crippen molar-refractivity contribution in [2.45, 2.75) is 22.8 Å². The van der Waals surface area contributed by atoms with Gasteiger partial charge < -0.3 is 15.4 Å². The number of rotatable bonds is 8. The molecule has 2 N–H and O–H groups in total. The summed E-state index contributed by atoms with van der Waals surface area (Å²) in [5.41, 5.74) is 1.02. The Labute approximate surface area is 194 Å². The van der Waals surface area contributed by atoms with Crippen molar-refractivity contribution >= 4 is 35.0 Å². The van der Waals surface area contributed by atoms with Gasteiger partial charge in [0.2, 0.25) is 5.95 Å². The number of carbonyl (C=O) groups is 1. The summed E-state index contributed by atoms with van der Waals surface area (Å²) < 4.78 is 19.7. The van der Waals surface area contributed by atoms with E-state index in [2.05, 4.69) is 20.6 Å². The number of nitrogens with zero attached hydrogens (tertiary/aromatic N) is 3. The molecule has 1 saturated carbocycles. The number of allylic oxidation sites excluding steroid dienone is 1. The number of nitriles is 1. The average molecular weight is 462 g/mol. The predicted octanol–water partition coefficient (Wildman–Crippen LogP) is 5.32. The molecule has 1 aromatic heterocycles. The molecule has 1 heterocycles. The smallest absolute Gasteiger partial charge is 0.265 e. The van der Waals surface area contributed by atoms with E-state index < -0.39 is 11.7 Å². The summed E-state index contributed by atoms with van der Waals surface area (Å²) in [5, 5.41) is 15.2. The Kier molecular flexibility index (Phi) is 6.86. The second-order valence-electron chi connectivity index (χ2n) is 7.29. The number of halogens is 1. The molecule has 1 aliphatic rings. The summed E-state index contributed by atoms with van der Waals surface area (Å²) in [5.74, 6) is -0.0544. The number of benzene rings is 2. The van der Waals surface area contributed by atoms with Gasteiger partial charge in [-0.3, -0.25) is 4.79 Å². The summed E-state index contributed by atoms with van der Waals surface area (Å²) in [7, 11) is 1.51. The number of nitrogens with one attached hydrogen (secondary N) is 2. The maximum Gasteiger partial charge on any atom is 0.265 e. The predicted molar refractivity (Wildman–Crippen MR) is 124 cm³/mol. The molecule has 33 heavy (non-hydrogen) atoms. The highest BCUT2D eigenvalue weighted by atomic mass is 32.2. The molecule has 1 aliphatic carbocycles. The lowest BCUT2D eigenvalue weighted by atomic mass is 10.2. The highest BCUT2D eigenvalue weighted by Crippen LogP contribution is 2.33. The third kappa shape index (κ3) is 5.87. The van der Waals surface area contributed by atoms with E-state index in [9.17, 15) is 14.4 Å². The van der Waals surface area contributed by atoms with Crippen LogP contribution in [-0.4, -0.2) is 23.0 Å². The molecule has 0 unspecified atom stereocenters. The fourth-order valence-corrected chi connectivity index (χ4v) is 3.75. The van der Waals surface area contributed by atoms with Crippen molar-refractivity contribution in [2.75, 3.05) is 17.7 Å². The molecule has 7 nitrogen and oxygen atoms in total. The zero-order valence-electron chi connectivity index (χ0n) is 17.7. The molecule has 0 saturated heterocycles. The van der Waals surface area contributed by atoms with Gasteiger partial charge in [0.15, 0.2) is 5.82 Å². The van der Waals surface area contributed by atoms with Crippen molar-refractivity contribution in [1.29, 1.82) is 5.26 Å². The molecular formula is C24H20FN5O2S. The van der Waals surface area contributed by atoms with E-state index in [4.69, 9.17) is 4.74 Å². The molecule has 0 bridgehead atoms. The van der Waals surface area contributed by atoms with Crippen LogP contribution in [0.3, 0.4) is 0 Å². The van der Waals surface area contributed by atoms with E-state index in [1.165, 1.54) is 18.9 Å². The Bertz CT molecular complexity index is 1240. The number of carbonyl (C=O) groups excluding carboxylic acids is 1. The number of methoxy groups -OCH3 is 1. The van der Waals surface area contributed by atoms with Gasteiger partial charge in [-0.1, -0.05) is 36.0 Å². The lowest BCUT2D eigenvalue weighted by Crippen LogP contribution is -2.14. The standard InChI is InChI=1S/C24H20FN5O2S/c1-32-21-10-9-17(28-22(31)16(13-26)11-15-7-8-15)12-20(21)29-24-27-14-19(25)23(30-24)33-18-5-3-2-4-6-18/h2-6,9-12,14-15H,7-8H2,1H3,(H,28,31)(H,27,29,30). The minimum absolute atomic E-state index is 0.0901. The van der Waals surface area contributed by atoms with Gasteiger partial charge in [0, 0.05) is 10.6 Å². The Morgan fingerprint density at radius 3 is 2.76 bits per heavy atom. The number of hydrogen-bond acceptors (Lipinski definition) is 7. The van der Waals surface area contributed by atoms with Crippen LogP contribution in [-0.2, 0) is 4.79 Å². The Morgan fingerprint density at radius 2 is 2.06 bits per heavy atom. The zero-order valence-corrected chi connectivity index (χ0v) is 18.5. The molecule has 0 aliphatic heterocycles. The van der Waals surface area contributed by atoms with E-state index in [1.54, 1.807) is 24.3 Å². The monoisotopic (exact) mass is 461 g/mol. The van der Waals surface area contributed by atoms with Gasteiger partial charge in [-0.2, -0.15) is 5.26 Å². The van der Waals surface area contributed by atoms with Gasteiger partial charge in [0.05, 0.1) is 19.0 Å². The largest absolute Gasteiger partial charge is 0.495 e. The van der Waals surface area contributed by atoms with E-state index >= 15 is 0 Å². The van der Waals surface area contributed by atoms with Gasteiger partial charge in [-0.25, -0.2) is 14.4 Å². The van der Waals surface area contributed by atoms with Crippen molar-refractivity contribution in [3.8, 4) is 11.8 Å². The zero-order chi connectivity index (χ0) is 23.2. The fraction of sp³-hybridized carbons (Fsp3) is 0.167. The second kappa shape index (κ2) is 10.1. The van der Waals surface area contributed by atoms with Gasteiger partial charge in [-0.15, -0.1) is 0 Å². The molecule has 3 aromatic rings. The first-order valence-corrected chi connectivity index (χ1v) is 11.0. The summed E-state index contributed by atoms with van der Waals surface area (Å²) >= 11 is 1.18. The molecule has 1 amide bonds. The number of ether oxygens (including phenoxy) is 1. The first-order valence-electron chi connectivity index (χ1n) is 10.2.